The van der Waals surface area contributed by atoms with E-state index in [4.69, 9.17) is 10.5 Å². The lowest BCUT2D eigenvalue weighted by atomic mass is 10.3. The van der Waals surface area contributed by atoms with Crippen molar-refractivity contribution in [1.82, 2.24) is 9.69 Å². The molecule has 0 unspecified atom stereocenters. The first-order valence-corrected chi connectivity index (χ1v) is 6.24. The number of hydrogen-bond acceptors (Lipinski definition) is 7. The highest BCUT2D eigenvalue weighted by Gasteiger charge is 2.20. The molecule has 1 heterocycles. The van der Waals surface area contributed by atoms with Gasteiger partial charge in [-0.15, -0.1) is 0 Å². The van der Waals surface area contributed by atoms with Crippen molar-refractivity contribution in [3.8, 4) is 0 Å². The Hall–Kier alpha value is -1.83. The summed E-state index contributed by atoms with van der Waals surface area (Å²) in [5, 5.41) is 5.98. The Morgan fingerprint density at radius 1 is 1.50 bits per heavy atom. The van der Waals surface area contributed by atoms with Gasteiger partial charge in [0, 0.05) is 20.0 Å². The highest BCUT2D eigenvalue weighted by atomic mass is 32.1. The van der Waals surface area contributed by atoms with Gasteiger partial charge in [-0.2, -0.15) is 4.37 Å². The van der Waals surface area contributed by atoms with Gasteiger partial charge in [0.25, 0.3) is 0 Å². The van der Waals surface area contributed by atoms with Crippen molar-refractivity contribution in [3.05, 3.63) is 5.56 Å². The van der Waals surface area contributed by atoms with Crippen LogP contribution in [0.1, 0.15) is 23.7 Å². The van der Waals surface area contributed by atoms with Crippen LogP contribution in [-0.2, 0) is 9.53 Å². The number of carbonyl (C=O) groups excluding carboxylic acids is 2. The average molecular weight is 272 g/mol. The molecule has 0 fully saturated rings. The summed E-state index contributed by atoms with van der Waals surface area (Å²) in [5.74, 6) is -0.454. The Balaban J connectivity index is 2.66. The summed E-state index contributed by atoms with van der Waals surface area (Å²) < 4.78 is 8.78. The second-order valence-corrected chi connectivity index (χ2v) is 4.12. The molecule has 1 amide bonds. The zero-order chi connectivity index (χ0) is 13.5. The molecule has 0 radical (unpaired) electrons. The van der Waals surface area contributed by atoms with Crippen molar-refractivity contribution in [2.45, 2.75) is 13.3 Å². The minimum absolute atomic E-state index is 0.0855. The van der Waals surface area contributed by atoms with E-state index in [1.165, 1.54) is 0 Å². The molecule has 100 valence electrons. The molecule has 0 spiro atoms. The average Bonchev–Trinajstić information content (AvgIpc) is 2.70. The first-order valence-electron chi connectivity index (χ1n) is 5.46. The lowest BCUT2D eigenvalue weighted by molar-refractivity contribution is -0.120. The fourth-order valence-corrected chi connectivity index (χ4v) is 1.96. The Bertz CT molecular complexity index is 433. The van der Waals surface area contributed by atoms with Crippen molar-refractivity contribution >= 4 is 34.2 Å². The highest BCUT2D eigenvalue weighted by molar-refractivity contribution is 7.11. The minimum Gasteiger partial charge on any atom is -0.462 e. The van der Waals surface area contributed by atoms with Crippen LogP contribution in [0, 0.1) is 0 Å². The van der Waals surface area contributed by atoms with E-state index in [1.54, 1.807) is 14.0 Å². The maximum absolute atomic E-state index is 11.6. The number of esters is 1. The predicted octanol–water partition coefficient (Wildman–Crippen LogP) is 0.450. The maximum atomic E-state index is 11.6. The molecule has 18 heavy (non-hydrogen) atoms. The number of nitrogens with zero attached hydrogens (tertiary/aromatic N) is 1. The molecule has 0 bridgehead atoms. The van der Waals surface area contributed by atoms with E-state index >= 15 is 0 Å². The summed E-state index contributed by atoms with van der Waals surface area (Å²) in [7, 11) is 1.57. The molecule has 0 saturated heterocycles. The molecular formula is C10H16N4O3S. The molecule has 0 aliphatic carbocycles. The third-order valence-electron chi connectivity index (χ3n) is 2.11. The molecule has 1 aromatic rings. The number of anilines is 2. The first-order chi connectivity index (χ1) is 8.60. The van der Waals surface area contributed by atoms with Crippen LogP contribution in [0.3, 0.4) is 0 Å². The molecule has 1 rings (SSSR count). The summed E-state index contributed by atoms with van der Waals surface area (Å²) in [6, 6.07) is 0. The fourth-order valence-electron chi connectivity index (χ4n) is 1.24. The van der Waals surface area contributed by atoms with E-state index in [-0.39, 0.29) is 23.9 Å². The summed E-state index contributed by atoms with van der Waals surface area (Å²) in [6.45, 7) is 2.38. The van der Waals surface area contributed by atoms with Gasteiger partial charge in [0.1, 0.15) is 10.6 Å². The summed E-state index contributed by atoms with van der Waals surface area (Å²) >= 11 is 1.07. The second kappa shape index (κ2) is 6.80. The SMILES string of the molecule is CCOC(=O)c1c(N)nsc1NCCC(=O)NC. The van der Waals surface area contributed by atoms with Crippen molar-refractivity contribution in [1.29, 1.82) is 0 Å². The zero-order valence-electron chi connectivity index (χ0n) is 10.3. The molecule has 0 saturated carbocycles. The van der Waals surface area contributed by atoms with Gasteiger partial charge in [-0.3, -0.25) is 4.79 Å². The van der Waals surface area contributed by atoms with Crippen molar-refractivity contribution < 1.29 is 14.3 Å². The maximum Gasteiger partial charge on any atom is 0.344 e. The monoisotopic (exact) mass is 272 g/mol. The van der Waals surface area contributed by atoms with Gasteiger partial charge in [-0.05, 0) is 18.5 Å². The molecule has 8 heteroatoms. The number of nitrogen functional groups attached to an aromatic ring is 1. The summed E-state index contributed by atoms with van der Waals surface area (Å²) in [6.07, 6.45) is 0.302. The Labute approximate surface area is 109 Å². The Kier molecular flexibility index (Phi) is 5.37. The molecule has 1 aromatic heterocycles. The topological polar surface area (TPSA) is 106 Å². The van der Waals surface area contributed by atoms with Gasteiger partial charge in [0.05, 0.1) is 6.61 Å². The smallest absolute Gasteiger partial charge is 0.344 e. The van der Waals surface area contributed by atoms with Crippen LogP contribution in [0.4, 0.5) is 10.8 Å². The molecule has 7 nitrogen and oxygen atoms in total. The number of aromatic nitrogens is 1. The van der Waals surface area contributed by atoms with Crippen LogP contribution < -0.4 is 16.4 Å². The summed E-state index contributed by atoms with van der Waals surface area (Å²) in [5.41, 5.74) is 5.84. The van der Waals surface area contributed by atoms with E-state index < -0.39 is 5.97 Å². The number of nitrogens with two attached hydrogens (primary N) is 1. The lowest BCUT2D eigenvalue weighted by Crippen LogP contribution is -2.21. The predicted molar refractivity (Wildman–Crippen MR) is 69.7 cm³/mol. The van der Waals surface area contributed by atoms with E-state index in [9.17, 15) is 9.59 Å². The number of ether oxygens (including phenoxy) is 1. The first kappa shape index (κ1) is 14.2. The number of amides is 1. The van der Waals surface area contributed by atoms with Crippen LogP contribution in [0.15, 0.2) is 0 Å². The van der Waals surface area contributed by atoms with E-state index in [0.29, 0.717) is 18.0 Å². The van der Waals surface area contributed by atoms with Gasteiger partial charge in [0.15, 0.2) is 5.82 Å². The van der Waals surface area contributed by atoms with Crippen LogP contribution >= 0.6 is 11.5 Å². The third-order valence-corrected chi connectivity index (χ3v) is 2.93. The number of nitrogens with one attached hydrogen (secondary N) is 2. The second-order valence-electron chi connectivity index (χ2n) is 3.34. The van der Waals surface area contributed by atoms with E-state index in [2.05, 4.69) is 15.0 Å². The highest BCUT2D eigenvalue weighted by Crippen LogP contribution is 2.27. The van der Waals surface area contributed by atoms with Gasteiger partial charge in [0.2, 0.25) is 5.91 Å². The number of rotatable bonds is 6. The van der Waals surface area contributed by atoms with Crippen LogP contribution in [-0.4, -0.2) is 36.4 Å². The molecule has 0 atom stereocenters. The Morgan fingerprint density at radius 3 is 2.83 bits per heavy atom. The van der Waals surface area contributed by atoms with Gasteiger partial charge < -0.3 is 21.1 Å². The quantitative estimate of drug-likeness (QED) is 0.649. The third kappa shape index (κ3) is 3.59. The molecule has 0 aliphatic rings. The van der Waals surface area contributed by atoms with Gasteiger partial charge in [-0.25, -0.2) is 4.79 Å². The van der Waals surface area contributed by atoms with Crippen LogP contribution in [0.25, 0.3) is 0 Å². The lowest BCUT2D eigenvalue weighted by Gasteiger charge is -2.06. The zero-order valence-corrected chi connectivity index (χ0v) is 11.1. The van der Waals surface area contributed by atoms with Crippen molar-refractivity contribution in [2.24, 2.45) is 0 Å². The van der Waals surface area contributed by atoms with Crippen molar-refractivity contribution in [3.63, 3.8) is 0 Å². The van der Waals surface area contributed by atoms with Crippen LogP contribution in [0.5, 0.6) is 0 Å². The van der Waals surface area contributed by atoms with Crippen molar-refractivity contribution in [2.75, 3.05) is 31.2 Å². The van der Waals surface area contributed by atoms with Crippen LogP contribution in [0.2, 0.25) is 0 Å². The number of carbonyl (C=O) groups is 2. The van der Waals surface area contributed by atoms with E-state index in [1.807, 2.05) is 0 Å². The normalized spacial score (nSPS) is 9.89. The fraction of sp³-hybridized carbons (Fsp3) is 0.500. The molecular weight excluding hydrogens is 256 g/mol. The van der Waals surface area contributed by atoms with E-state index in [0.717, 1.165) is 11.5 Å². The number of hydrogen-bond donors (Lipinski definition) is 3. The molecule has 0 aliphatic heterocycles. The summed E-state index contributed by atoms with van der Waals surface area (Å²) in [4.78, 5) is 22.7. The van der Waals surface area contributed by atoms with Gasteiger partial charge >= 0.3 is 5.97 Å². The largest absolute Gasteiger partial charge is 0.462 e. The molecule has 0 aromatic carbocycles. The molecule has 4 N–H and O–H groups in total. The minimum atomic E-state index is -0.508. The Morgan fingerprint density at radius 2 is 2.22 bits per heavy atom. The van der Waals surface area contributed by atoms with Gasteiger partial charge in [-0.1, -0.05) is 0 Å². The standard InChI is InChI=1S/C10H16N4O3S/c1-3-17-10(16)7-8(11)14-18-9(7)13-5-4-6(15)12-2/h13H,3-5H2,1-2H3,(H2,11,14)(H,12,15).